The van der Waals surface area contributed by atoms with E-state index in [1.807, 2.05) is 19.1 Å². The van der Waals surface area contributed by atoms with E-state index in [9.17, 15) is 5.11 Å². The molecule has 0 bridgehead atoms. The molecular formula is C14H21NO2. The van der Waals surface area contributed by atoms with Gasteiger partial charge in [-0.3, -0.25) is 4.99 Å². The molecule has 94 valence electrons. The van der Waals surface area contributed by atoms with Crippen LogP contribution in [0.1, 0.15) is 32.8 Å². The second kappa shape index (κ2) is 6.28. The third-order valence-corrected chi connectivity index (χ3v) is 2.93. The van der Waals surface area contributed by atoms with Gasteiger partial charge in [0.2, 0.25) is 0 Å². The fourth-order valence-electron chi connectivity index (χ4n) is 1.38. The summed E-state index contributed by atoms with van der Waals surface area (Å²) >= 11 is 0. The molecule has 0 aromatic heterocycles. The lowest BCUT2D eigenvalue weighted by Crippen LogP contribution is -2.07. The van der Waals surface area contributed by atoms with E-state index in [2.05, 4.69) is 18.8 Å². The van der Waals surface area contributed by atoms with Crippen molar-refractivity contribution in [1.82, 2.24) is 0 Å². The highest BCUT2D eigenvalue weighted by Gasteiger charge is 2.06. The van der Waals surface area contributed by atoms with Crippen molar-refractivity contribution in [3.8, 4) is 11.5 Å². The van der Waals surface area contributed by atoms with Crippen molar-refractivity contribution in [1.29, 1.82) is 0 Å². The lowest BCUT2D eigenvalue weighted by atomic mass is 10.1. The third kappa shape index (κ3) is 3.77. The van der Waals surface area contributed by atoms with Crippen LogP contribution in [0.3, 0.4) is 0 Å². The Hall–Kier alpha value is -1.51. The molecule has 1 rings (SSSR count). The Kier molecular flexibility index (Phi) is 5.01. The quantitative estimate of drug-likeness (QED) is 0.796. The van der Waals surface area contributed by atoms with Crippen molar-refractivity contribution < 1.29 is 9.84 Å². The molecule has 1 N–H and O–H groups in total. The lowest BCUT2D eigenvalue weighted by Gasteiger charge is -2.12. The van der Waals surface area contributed by atoms with Crippen LogP contribution in [0.5, 0.6) is 11.5 Å². The van der Waals surface area contributed by atoms with E-state index in [4.69, 9.17) is 4.74 Å². The summed E-state index contributed by atoms with van der Waals surface area (Å²) in [6, 6.07) is 5.35. The van der Waals surface area contributed by atoms with Gasteiger partial charge < -0.3 is 9.84 Å². The van der Waals surface area contributed by atoms with Gasteiger partial charge in [-0.1, -0.05) is 20.3 Å². The van der Waals surface area contributed by atoms with E-state index in [-0.39, 0.29) is 5.75 Å². The molecule has 0 aliphatic heterocycles. The molecule has 1 aromatic rings. The fraction of sp³-hybridized carbons (Fsp3) is 0.500. The SMILES string of the molecule is CCC(C)COc1ccc(C(C)=NC)c(O)c1. The van der Waals surface area contributed by atoms with Gasteiger partial charge in [0.1, 0.15) is 11.5 Å². The molecule has 0 amide bonds. The number of nitrogens with zero attached hydrogens (tertiary/aromatic N) is 1. The van der Waals surface area contributed by atoms with Crippen LogP contribution in [-0.4, -0.2) is 24.5 Å². The Morgan fingerprint density at radius 1 is 1.47 bits per heavy atom. The van der Waals surface area contributed by atoms with Crippen LogP contribution < -0.4 is 4.74 Å². The standard InChI is InChI=1S/C14H21NO2/c1-5-10(2)9-17-12-6-7-13(11(3)15-4)14(16)8-12/h6-8,10,16H,5,9H2,1-4H3. The Morgan fingerprint density at radius 2 is 2.18 bits per heavy atom. The number of aliphatic imine (C=N–C) groups is 1. The normalized spacial score (nSPS) is 13.5. The van der Waals surface area contributed by atoms with Gasteiger partial charge in [-0.25, -0.2) is 0 Å². The molecule has 3 heteroatoms. The summed E-state index contributed by atoms with van der Waals surface area (Å²) in [4.78, 5) is 4.05. The predicted octanol–water partition coefficient (Wildman–Crippen LogP) is 3.26. The maximum Gasteiger partial charge on any atom is 0.128 e. The molecule has 0 aliphatic rings. The third-order valence-electron chi connectivity index (χ3n) is 2.93. The molecule has 0 heterocycles. The number of hydrogen-bond acceptors (Lipinski definition) is 3. The number of phenolic OH excluding ortho intramolecular Hbond substituents is 1. The van der Waals surface area contributed by atoms with E-state index in [0.717, 1.165) is 17.7 Å². The molecule has 0 saturated heterocycles. The van der Waals surface area contributed by atoms with Gasteiger partial charge in [-0.15, -0.1) is 0 Å². The number of benzene rings is 1. The maximum absolute atomic E-state index is 9.85. The highest BCUT2D eigenvalue weighted by molar-refractivity contribution is 6.01. The number of ether oxygens (including phenoxy) is 1. The first-order valence-corrected chi connectivity index (χ1v) is 5.98. The summed E-state index contributed by atoms with van der Waals surface area (Å²) in [6.07, 6.45) is 1.09. The van der Waals surface area contributed by atoms with Crippen molar-refractivity contribution in [2.24, 2.45) is 10.9 Å². The minimum atomic E-state index is 0.217. The second-order valence-electron chi connectivity index (χ2n) is 4.31. The maximum atomic E-state index is 9.85. The van der Waals surface area contributed by atoms with E-state index in [0.29, 0.717) is 18.3 Å². The number of hydrogen-bond donors (Lipinski definition) is 1. The smallest absolute Gasteiger partial charge is 0.128 e. The highest BCUT2D eigenvalue weighted by Crippen LogP contribution is 2.24. The molecule has 17 heavy (non-hydrogen) atoms. The molecule has 0 fully saturated rings. The van der Waals surface area contributed by atoms with Gasteiger partial charge in [-0.05, 0) is 25.0 Å². The van der Waals surface area contributed by atoms with Crippen molar-refractivity contribution in [2.45, 2.75) is 27.2 Å². The van der Waals surface area contributed by atoms with Crippen molar-refractivity contribution in [3.05, 3.63) is 23.8 Å². The van der Waals surface area contributed by atoms with E-state index in [1.165, 1.54) is 0 Å². The fourth-order valence-corrected chi connectivity index (χ4v) is 1.38. The Labute approximate surface area is 103 Å². The van der Waals surface area contributed by atoms with Crippen molar-refractivity contribution >= 4 is 5.71 Å². The van der Waals surface area contributed by atoms with Crippen molar-refractivity contribution in [3.63, 3.8) is 0 Å². The van der Waals surface area contributed by atoms with Crippen LogP contribution in [0.4, 0.5) is 0 Å². The minimum absolute atomic E-state index is 0.217. The van der Waals surface area contributed by atoms with Crippen LogP contribution in [-0.2, 0) is 0 Å². The molecule has 1 atom stereocenters. The number of phenols is 1. The summed E-state index contributed by atoms with van der Waals surface area (Å²) in [5.41, 5.74) is 1.57. The zero-order chi connectivity index (χ0) is 12.8. The van der Waals surface area contributed by atoms with E-state index >= 15 is 0 Å². The molecule has 0 radical (unpaired) electrons. The van der Waals surface area contributed by atoms with Crippen LogP contribution in [0.15, 0.2) is 23.2 Å². The first-order valence-electron chi connectivity index (χ1n) is 5.98. The first-order chi connectivity index (χ1) is 8.08. The summed E-state index contributed by atoms with van der Waals surface area (Å²) in [5.74, 6) is 1.45. The number of rotatable bonds is 5. The van der Waals surface area contributed by atoms with Gasteiger partial charge in [0, 0.05) is 24.4 Å². The second-order valence-corrected chi connectivity index (χ2v) is 4.31. The monoisotopic (exact) mass is 235 g/mol. The van der Waals surface area contributed by atoms with Gasteiger partial charge in [0.05, 0.1) is 6.61 Å². The van der Waals surface area contributed by atoms with Crippen LogP contribution in [0, 0.1) is 5.92 Å². The zero-order valence-corrected chi connectivity index (χ0v) is 11.0. The van der Waals surface area contributed by atoms with E-state index in [1.54, 1.807) is 13.1 Å². The van der Waals surface area contributed by atoms with Gasteiger partial charge in [0.25, 0.3) is 0 Å². The van der Waals surface area contributed by atoms with Crippen LogP contribution in [0.25, 0.3) is 0 Å². The lowest BCUT2D eigenvalue weighted by molar-refractivity contribution is 0.255. The number of aromatic hydroxyl groups is 1. The molecule has 0 saturated carbocycles. The predicted molar refractivity (Wildman–Crippen MR) is 71.2 cm³/mol. The molecule has 0 aliphatic carbocycles. The summed E-state index contributed by atoms with van der Waals surface area (Å²) in [6.45, 7) is 6.82. The summed E-state index contributed by atoms with van der Waals surface area (Å²) in [7, 11) is 1.71. The van der Waals surface area contributed by atoms with Gasteiger partial charge in [0.15, 0.2) is 0 Å². The molecular weight excluding hydrogens is 214 g/mol. The van der Waals surface area contributed by atoms with Crippen LogP contribution >= 0.6 is 0 Å². The highest BCUT2D eigenvalue weighted by atomic mass is 16.5. The first kappa shape index (κ1) is 13.6. The molecule has 3 nitrogen and oxygen atoms in total. The average Bonchev–Trinajstić information content (AvgIpc) is 2.35. The van der Waals surface area contributed by atoms with Crippen LogP contribution in [0.2, 0.25) is 0 Å². The molecule has 1 unspecified atom stereocenters. The Morgan fingerprint density at radius 3 is 2.71 bits per heavy atom. The summed E-state index contributed by atoms with van der Waals surface area (Å²) < 4.78 is 5.61. The summed E-state index contributed by atoms with van der Waals surface area (Å²) in [5, 5.41) is 9.85. The average molecular weight is 235 g/mol. The van der Waals surface area contributed by atoms with E-state index < -0.39 is 0 Å². The van der Waals surface area contributed by atoms with Crippen molar-refractivity contribution in [2.75, 3.05) is 13.7 Å². The minimum Gasteiger partial charge on any atom is -0.507 e. The topological polar surface area (TPSA) is 41.8 Å². The Bertz CT molecular complexity index is 399. The zero-order valence-electron chi connectivity index (χ0n) is 11.0. The van der Waals surface area contributed by atoms with Gasteiger partial charge in [-0.2, -0.15) is 0 Å². The largest absolute Gasteiger partial charge is 0.507 e. The molecule has 0 spiro atoms. The Balaban J connectivity index is 2.75. The molecule has 1 aromatic carbocycles. The van der Waals surface area contributed by atoms with Gasteiger partial charge >= 0.3 is 0 Å².